The molecule has 0 radical (unpaired) electrons. The molecule has 4 rings (SSSR count). The van der Waals surface area contributed by atoms with Crippen molar-refractivity contribution in [2.45, 2.75) is 31.7 Å². The Bertz CT molecular complexity index is 857. The van der Waals surface area contributed by atoms with Gasteiger partial charge in [-0.2, -0.15) is 5.10 Å². The summed E-state index contributed by atoms with van der Waals surface area (Å²) in [6.45, 7) is 0.331. The van der Waals surface area contributed by atoms with Crippen molar-refractivity contribution in [3.8, 4) is 0 Å². The zero-order valence-electron chi connectivity index (χ0n) is 13.6. The van der Waals surface area contributed by atoms with Gasteiger partial charge in [-0.25, -0.2) is 22.6 Å². The first-order chi connectivity index (χ1) is 11.8. The van der Waals surface area contributed by atoms with Gasteiger partial charge in [0.2, 0.25) is 0 Å². The van der Waals surface area contributed by atoms with Crippen LogP contribution in [0.3, 0.4) is 0 Å². The van der Waals surface area contributed by atoms with Crippen LogP contribution in [0.25, 0.3) is 0 Å². The molecule has 2 aliphatic rings. The molecule has 4 nitrogen and oxygen atoms in total. The molecular formula is C17H17ClF3N3O. The number of benzene rings is 1. The van der Waals surface area contributed by atoms with E-state index in [1.165, 1.54) is 28.4 Å². The molecule has 2 unspecified atom stereocenters. The van der Waals surface area contributed by atoms with Crippen molar-refractivity contribution >= 4 is 11.6 Å². The molecule has 0 aliphatic heterocycles. The van der Waals surface area contributed by atoms with Crippen LogP contribution in [0.4, 0.5) is 13.2 Å². The third kappa shape index (κ3) is 2.69. The smallest absolute Gasteiger partial charge is 0.278 e. The maximum absolute atomic E-state index is 14.0. The van der Waals surface area contributed by atoms with Crippen molar-refractivity contribution in [3.63, 3.8) is 0 Å². The molecule has 2 aromatic rings. The van der Waals surface area contributed by atoms with Crippen molar-refractivity contribution in [1.29, 1.82) is 0 Å². The zero-order valence-corrected chi connectivity index (χ0v) is 14.3. The van der Waals surface area contributed by atoms with Crippen molar-refractivity contribution < 1.29 is 13.2 Å². The lowest BCUT2D eigenvalue weighted by Crippen LogP contribution is -2.27. The first-order valence-electron chi connectivity index (χ1n) is 8.22. The minimum Gasteiger partial charge on any atom is -0.278 e. The second-order valence-electron chi connectivity index (χ2n) is 7.03. The minimum absolute atomic E-state index is 0.0198. The molecule has 2 fully saturated rings. The normalized spacial score (nSPS) is 26.7. The van der Waals surface area contributed by atoms with Crippen LogP contribution in [0.5, 0.6) is 0 Å². The Morgan fingerprint density at radius 2 is 2.00 bits per heavy atom. The Morgan fingerprint density at radius 1 is 1.32 bits per heavy atom. The van der Waals surface area contributed by atoms with E-state index in [4.69, 9.17) is 11.6 Å². The van der Waals surface area contributed by atoms with Gasteiger partial charge in [0.05, 0.1) is 0 Å². The fourth-order valence-electron chi connectivity index (χ4n) is 4.05. The van der Waals surface area contributed by atoms with Gasteiger partial charge in [0.15, 0.2) is 0 Å². The summed E-state index contributed by atoms with van der Waals surface area (Å²) in [4.78, 5) is 12.3. The third-order valence-corrected chi connectivity index (χ3v) is 5.82. The Hall–Kier alpha value is -1.76. The van der Waals surface area contributed by atoms with Gasteiger partial charge in [-0.1, -0.05) is 17.7 Å². The maximum atomic E-state index is 14.0. The lowest BCUT2D eigenvalue weighted by molar-refractivity contribution is 0.0619. The number of alkyl halides is 2. The number of rotatable bonds is 4. The lowest BCUT2D eigenvalue weighted by Gasteiger charge is -2.15. The molecule has 2 atom stereocenters. The average molecular weight is 372 g/mol. The molecule has 1 aromatic heterocycles. The molecule has 2 saturated carbocycles. The van der Waals surface area contributed by atoms with Gasteiger partial charge in [0.25, 0.3) is 5.92 Å². The topological polar surface area (TPSA) is 39.8 Å². The quantitative estimate of drug-likeness (QED) is 0.827. The lowest BCUT2D eigenvalue weighted by atomic mass is 10.0. The van der Waals surface area contributed by atoms with Crippen LogP contribution in [0.1, 0.15) is 24.2 Å². The first kappa shape index (κ1) is 16.7. The molecule has 0 spiro atoms. The maximum Gasteiger partial charge on any atom is 0.345 e. The Kier molecular flexibility index (Phi) is 3.76. The van der Waals surface area contributed by atoms with Gasteiger partial charge in [0.1, 0.15) is 11.6 Å². The number of hydrogen-bond acceptors (Lipinski definition) is 2. The van der Waals surface area contributed by atoms with Gasteiger partial charge in [0, 0.05) is 42.4 Å². The van der Waals surface area contributed by atoms with Crippen molar-refractivity contribution in [2.24, 2.45) is 24.8 Å². The summed E-state index contributed by atoms with van der Waals surface area (Å²) in [5.41, 5.74) is -0.0494. The summed E-state index contributed by atoms with van der Waals surface area (Å²) >= 11 is 6.06. The molecule has 0 amide bonds. The predicted octanol–water partition coefficient (Wildman–Crippen LogP) is 3.26. The molecule has 0 saturated heterocycles. The van der Waals surface area contributed by atoms with Gasteiger partial charge < -0.3 is 0 Å². The second kappa shape index (κ2) is 5.62. The highest BCUT2D eigenvalue weighted by Crippen LogP contribution is 2.65. The van der Waals surface area contributed by atoms with E-state index >= 15 is 0 Å². The Balaban J connectivity index is 1.58. The highest BCUT2D eigenvalue weighted by Gasteiger charge is 2.71. The van der Waals surface area contributed by atoms with E-state index in [0.29, 0.717) is 25.2 Å². The fraction of sp³-hybridized carbons (Fsp3) is 0.529. The Labute approximate surface area is 147 Å². The number of fused-ring (bicyclic) bond motifs is 1. The second-order valence-corrected chi connectivity index (χ2v) is 7.44. The molecule has 0 bridgehead atoms. The summed E-state index contributed by atoms with van der Waals surface area (Å²) < 4.78 is 43.4. The monoisotopic (exact) mass is 371 g/mol. The number of aryl methyl sites for hydroxylation is 1. The molecular weight excluding hydrogens is 355 g/mol. The molecule has 1 heterocycles. The molecule has 0 N–H and O–H groups in total. The number of aromatic nitrogens is 3. The fourth-order valence-corrected chi connectivity index (χ4v) is 4.28. The predicted molar refractivity (Wildman–Crippen MR) is 86.3 cm³/mol. The summed E-state index contributed by atoms with van der Waals surface area (Å²) in [7, 11) is 1.52. The minimum atomic E-state index is -2.53. The highest BCUT2D eigenvalue weighted by atomic mass is 35.5. The molecule has 134 valence electrons. The number of halogens is 4. The van der Waals surface area contributed by atoms with E-state index in [0.717, 1.165) is 0 Å². The van der Waals surface area contributed by atoms with Gasteiger partial charge in [-0.05, 0) is 30.9 Å². The van der Waals surface area contributed by atoms with Crippen LogP contribution in [0, 0.1) is 23.6 Å². The standard InChI is InChI=1S/C17H17ClF3N3O/c1-23-16(25)24(8-9-5-11-12(6-9)17(11,20)21)15(22-23)7-10-13(18)3-2-4-14(10)19/h2-4,9,11-12H,5-8H2,1H3. The average Bonchev–Trinajstić information content (AvgIpc) is 2.90. The number of nitrogens with zero attached hydrogens (tertiary/aromatic N) is 3. The van der Waals surface area contributed by atoms with E-state index in [2.05, 4.69) is 5.10 Å². The summed E-state index contributed by atoms with van der Waals surface area (Å²) in [5.74, 6) is -3.67. The van der Waals surface area contributed by atoms with E-state index < -0.39 is 23.6 Å². The van der Waals surface area contributed by atoms with Crippen LogP contribution in [-0.4, -0.2) is 20.3 Å². The molecule has 2 aliphatic carbocycles. The van der Waals surface area contributed by atoms with Crippen LogP contribution in [0.2, 0.25) is 5.02 Å². The number of hydrogen-bond donors (Lipinski definition) is 0. The SMILES string of the molecule is Cn1nc(Cc2c(F)cccc2Cl)n(CC2CC3C(C2)C3(F)F)c1=O. The summed E-state index contributed by atoms with van der Waals surface area (Å²) in [5, 5.41) is 4.45. The van der Waals surface area contributed by atoms with Gasteiger partial charge in [-0.15, -0.1) is 0 Å². The van der Waals surface area contributed by atoms with E-state index in [-0.39, 0.29) is 28.6 Å². The van der Waals surface area contributed by atoms with E-state index in [1.807, 2.05) is 0 Å². The molecule has 25 heavy (non-hydrogen) atoms. The van der Waals surface area contributed by atoms with Crippen molar-refractivity contribution in [1.82, 2.24) is 14.3 Å². The summed E-state index contributed by atoms with van der Waals surface area (Å²) in [6.07, 6.45) is 0.912. The first-order valence-corrected chi connectivity index (χ1v) is 8.60. The van der Waals surface area contributed by atoms with Crippen LogP contribution in [-0.2, 0) is 20.0 Å². The highest BCUT2D eigenvalue weighted by molar-refractivity contribution is 6.31. The van der Waals surface area contributed by atoms with Crippen molar-refractivity contribution in [3.05, 3.63) is 50.9 Å². The largest absolute Gasteiger partial charge is 0.345 e. The van der Waals surface area contributed by atoms with Crippen LogP contribution < -0.4 is 5.69 Å². The molecule has 8 heteroatoms. The zero-order chi connectivity index (χ0) is 17.9. The summed E-state index contributed by atoms with van der Waals surface area (Å²) in [6, 6.07) is 4.40. The van der Waals surface area contributed by atoms with Crippen LogP contribution in [0.15, 0.2) is 23.0 Å². The Morgan fingerprint density at radius 3 is 2.64 bits per heavy atom. The van der Waals surface area contributed by atoms with Crippen LogP contribution >= 0.6 is 11.6 Å². The van der Waals surface area contributed by atoms with Gasteiger partial charge >= 0.3 is 5.69 Å². The van der Waals surface area contributed by atoms with Crippen molar-refractivity contribution in [2.75, 3.05) is 0 Å². The van der Waals surface area contributed by atoms with Gasteiger partial charge in [-0.3, -0.25) is 4.57 Å². The third-order valence-electron chi connectivity index (χ3n) is 5.46. The van der Waals surface area contributed by atoms with E-state index in [9.17, 15) is 18.0 Å². The van der Waals surface area contributed by atoms with E-state index in [1.54, 1.807) is 6.07 Å². The molecule has 1 aromatic carbocycles.